The number of nitrogens with zero attached hydrogens (tertiary/aromatic N) is 3. The van der Waals surface area contributed by atoms with Gasteiger partial charge in [0.1, 0.15) is 5.82 Å². The molecule has 0 bridgehead atoms. The molecule has 1 aromatic carbocycles. The van der Waals surface area contributed by atoms with Gasteiger partial charge in [-0.3, -0.25) is 0 Å². The monoisotopic (exact) mass is 271 g/mol. The Morgan fingerprint density at radius 2 is 2.10 bits per heavy atom. The summed E-state index contributed by atoms with van der Waals surface area (Å²) in [6.45, 7) is 8.40. The van der Waals surface area contributed by atoms with E-state index in [-0.39, 0.29) is 11.9 Å². The second kappa shape index (κ2) is 5.69. The number of aromatic carboxylic acids is 1. The third-order valence-electron chi connectivity index (χ3n) is 3.00. The van der Waals surface area contributed by atoms with E-state index in [4.69, 9.17) is 5.11 Å². The van der Waals surface area contributed by atoms with Crippen LogP contribution in [0.15, 0.2) is 36.9 Å². The second-order valence-corrected chi connectivity index (χ2v) is 4.73. The van der Waals surface area contributed by atoms with Gasteiger partial charge in [-0.2, -0.15) is 0 Å². The Labute approximate surface area is 117 Å². The number of benzene rings is 1. The van der Waals surface area contributed by atoms with Crippen LogP contribution in [-0.2, 0) is 0 Å². The molecule has 0 radical (unpaired) electrons. The van der Waals surface area contributed by atoms with E-state index in [1.807, 2.05) is 36.9 Å². The third-order valence-corrected chi connectivity index (χ3v) is 3.00. The summed E-state index contributed by atoms with van der Waals surface area (Å²) < 4.78 is 0. The lowest BCUT2D eigenvalue weighted by Crippen LogP contribution is -2.32. The Bertz CT molecular complexity index is 653. The number of fused-ring (bicyclic) bond motifs is 1. The quantitative estimate of drug-likeness (QED) is 0.847. The minimum absolute atomic E-state index is 0.174. The molecule has 2 aromatic rings. The van der Waals surface area contributed by atoms with Gasteiger partial charge in [-0.15, -0.1) is 6.58 Å². The molecular formula is C15H17N3O2. The van der Waals surface area contributed by atoms with Crippen LogP contribution < -0.4 is 4.90 Å². The van der Waals surface area contributed by atoms with E-state index in [1.165, 1.54) is 0 Å². The molecule has 1 N–H and O–H groups in total. The Kier molecular flexibility index (Phi) is 3.98. The van der Waals surface area contributed by atoms with Crippen LogP contribution in [0.4, 0.5) is 5.82 Å². The highest BCUT2D eigenvalue weighted by Gasteiger charge is 2.18. The topological polar surface area (TPSA) is 66.3 Å². The van der Waals surface area contributed by atoms with Crippen molar-refractivity contribution >= 4 is 22.7 Å². The SMILES string of the molecule is C=CCN(c1nc(C(=O)O)nc2ccccc12)C(C)C. The number of aromatic nitrogens is 2. The molecule has 0 fully saturated rings. The summed E-state index contributed by atoms with van der Waals surface area (Å²) in [5.74, 6) is -0.685. The van der Waals surface area contributed by atoms with Gasteiger partial charge in [0.05, 0.1) is 5.52 Å². The molecule has 0 amide bonds. The Hall–Kier alpha value is -2.43. The standard InChI is InChI=1S/C15H17N3O2/c1-4-9-18(10(2)3)14-11-7-5-6-8-12(11)16-13(17-14)15(19)20/h4-8,10H,1,9H2,2-3H3,(H,19,20). The van der Waals surface area contributed by atoms with Crippen molar-refractivity contribution in [2.75, 3.05) is 11.4 Å². The lowest BCUT2D eigenvalue weighted by Gasteiger charge is -2.27. The molecule has 0 aliphatic heterocycles. The summed E-state index contributed by atoms with van der Waals surface area (Å²) in [5, 5.41) is 10.00. The molecule has 0 saturated carbocycles. The summed E-state index contributed by atoms with van der Waals surface area (Å²) in [5.41, 5.74) is 0.629. The van der Waals surface area contributed by atoms with Crippen molar-refractivity contribution in [1.29, 1.82) is 0 Å². The largest absolute Gasteiger partial charge is 0.475 e. The van der Waals surface area contributed by atoms with Gasteiger partial charge in [0.15, 0.2) is 0 Å². The van der Waals surface area contributed by atoms with Crippen LogP contribution in [0, 0.1) is 0 Å². The molecule has 20 heavy (non-hydrogen) atoms. The van der Waals surface area contributed by atoms with Crippen molar-refractivity contribution in [2.45, 2.75) is 19.9 Å². The van der Waals surface area contributed by atoms with Crippen LogP contribution in [-0.4, -0.2) is 33.6 Å². The first kappa shape index (κ1) is 14.0. The maximum Gasteiger partial charge on any atom is 0.374 e. The minimum Gasteiger partial charge on any atom is -0.475 e. The Balaban J connectivity index is 2.70. The summed E-state index contributed by atoms with van der Waals surface area (Å²) >= 11 is 0. The molecule has 2 rings (SSSR count). The highest BCUT2D eigenvalue weighted by Crippen LogP contribution is 2.25. The normalized spacial score (nSPS) is 10.8. The Morgan fingerprint density at radius 3 is 2.70 bits per heavy atom. The summed E-state index contributed by atoms with van der Waals surface area (Å²) in [7, 11) is 0. The number of hydrogen-bond donors (Lipinski definition) is 1. The molecule has 1 heterocycles. The van der Waals surface area contributed by atoms with Gasteiger partial charge in [0.2, 0.25) is 5.82 Å². The zero-order valence-corrected chi connectivity index (χ0v) is 11.6. The Morgan fingerprint density at radius 1 is 1.40 bits per heavy atom. The molecule has 0 saturated heterocycles. The second-order valence-electron chi connectivity index (χ2n) is 4.73. The molecule has 104 valence electrons. The van der Waals surface area contributed by atoms with E-state index >= 15 is 0 Å². The number of carboxylic acids is 1. The highest BCUT2D eigenvalue weighted by molar-refractivity contribution is 5.94. The van der Waals surface area contributed by atoms with Crippen molar-refractivity contribution in [2.24, 2.45) is 0 Å². The smallest absolute Gasteiger partial charge is 0.374 e. The summed E-state index contributed by atoms with van der Waals surface area (Å²) in [6, 6.07) is 7.58. The van der Waals surface area contributed by atoms with Gasteiger partial charge < -0.3 is 10.0 Å². The first-order chi connectivity index (χ1) is 9.54. The lowest BCUT2D eigenvalue weighted by molar-refractivity contribution is 0.0684. The molecule has 5 nitrogen and oxygen atoms in total. The first-order valence-corrected chi connectivity index (χ1v) is 6.42. The number of hydrogen-bond acceptors (Lipinski definition) is 4. The van der Waals surface area contributed by atoms with E-state index in [0.717, 1.165) is 5.39 Å². The fraction of sp³-hybridized carbons (Fsp3) is 0.267. The van der Waals surface area contributed by atoms with Crippen molar-refractivity contribution in [1.82, 2.24) is 9.97 Å². The molecule has 0 spiro atoms. The third kappa shape index (κ3) is 2.61. The van der Waals surface area contributed by atoms with Gasteiger partial charge in [0, 0.05) is 18.0 Å². The van der Waals surface area contributed by atoms with Crippen molar-refractivity contribution < 1.29 is 9.90 Å². The summed E-state index contributed by atoms with van der Waals surface area (Å²) in [6.07, 6.45) is 1.78. The van der Waals surface area contributed by atoms with Gasteiger partial charge >= 0.3 is 5.97 Å². The molecule has 5 heteroatoms. The van der Waals surface area contributed by atoms with Crippen LogP contribution in [0.3, 0.4) is 0 Å². The lowest BCUT2D eigenvalue weighted by atomic mass is 10.2. The highest BCUT2D eigenvalue weighted by atomic mass is 16.4. The zero-order chi connectivity index (χ0) is 14.7. The number of carbonyl (C=O) groups is 1. The van der Waals surface area contributed by atoms with Gasteiger partial charge in [-0.05, 0) is 26.0 Å². The summed E-state index contributed by atoms with van der Waals surface area (Å²) in [4.78, 5) is 21.5. The average molecular weight is 271 g/mol. The van der Waals surface area contributed by atoms with E-state index in [9.17, 15) is 4.79 Å². The minimum atomic E-state index is -1.13. The van der Waals surface area contributed by atoms with Crippen LogP contribution >= 0.6 is 0 Å². The molecule has 0 atom stereocenters. The predicted octanol–water partition coefficient (Wildman–Crippen LogP) is 2.73. The molecule has 0 aliphatic rings. The number of rotatable bonds is 5. The van der Waals surface area contributed by atoms with E-state index < -0.39 is 5.97 Å². The van der Waals surface area contributed by atoms with Gasteiger partial charge in [-0.25, -0.2) is 14.8 Å². The van der Waals surface area contributed by atoms with E-state index in [0.29, 0.717) is 17.9 Å². The fourth-order valence-electron chi connectivity index (χ4n) is 2.06. The maximum atomic E-state index is 11.2. The van der Waals surface area contributed by atoms with Crippen molar-refractivity contribution in [3.8, 4) is 0 Å². The molecule has 1 aromatic heterocycles. The average Bonchev–Trinajstić information content (AvgIpc) is 2.43. The molecular weight excluding hydrogens is 254 g/mol. The van der Waals surface area contributed by atoms with Gasteiger partial charge in [-0.1, -0.05) is 18.2 Å². The van der Waals surface area contributed by atoms with Crippen molar-refractivity contribution in [3.05, 3.63) is 42.7 Å². The first-order valence-electron chi connectivity index (χ1n) is 6.42. The van der Waals surface area contributed by atoms with Crippen molar-refractivity contribution in [3.63, 3.8) is 0 Å². The molecule has 0 unspecified atom stereocenters. The molecule has 0 aliphatic carbocycles. The predicted molar refractivity (Wildman–Crippen MR) is 79.2 cm³/mol. The number of para-hydroxylation sites is 1. The van der Waals surface area contributed by atoms with Crippen LogP contribution in [0.2, 0.25) is 0 Å². The van der Waals surface area contributed by atoms with Crippen LogP contribution in [0.5, 0.6) is 0 Å². The van der Waals surface area contributed by atoms with E-state index in [1.54, 1.807) is 12.1 Å². The zero-order valence-electron chi connectivity index (χ0n) is 11.6. The number of anilines is 1. The van der Waals surface area contributed by atoms with Gasteiger partial charge in [0.25, 0.3) is 0 Å². The number of carboxylic acid groups (broad SMARTS) is 1. The van der Waals surface area contributed by atoms with Crippen LogP contribution in [0.25, 0.3) is 10.9 Å². The van der Waals surface area contributed by atoms with E-state index in [2.05, 4.69) is 16.5 Å². The fourth-order valence-corrected chi connectivity index (χ4v) is 2.06. The van der Waals surface area contributed by atoms with Crippen LogP contribution in [0.1, 0.15) is 24.5 Å². The maximum absolute atomic E-state index is 11.2.